The van der Waals surface area contributed by atoms with E-state index in [1.54, 1.807) is 19.2 Å². The average Bonchev–Trinajstić information content (AvgIpc) is 2.51. The molecule has 2 aromatic carbocycles. The minimum atomic E-state index is -1.23. The van der Waals surface area contributed by atoms with Crippen LogP contribution in [-0.4, -0.2) is 13.1 Å². The summed E-state index contributed by atoms with van der Waals surface area (Å²) in [5.41, 5.74) is 2.70. The molecule has 0 saturated heterocycles. The fourth-order valence-corrected chi connectivity index (χ4v) is 2.05. The SMILES string of the molecule is COc1ccc(/C=C/C(=O)[O-])cc1COc1cccc(C)c1. The summed E-state index contributed by atoms with van der Waals surface area (Å²) in [7, 11) is 1.59. The molecule has 0 atom stereocenters. The van der Waals surface area contributed by atoms with Crippen molar-refractivity contribution in [3.63, 3.8) is 0 Å². The maximum Gasteiger partial charge on any atom is 0.125 e. The lowest BCUT2D eigenvalue weighted by Gasteiger charge is -2.11. The molecule has 0 heterocycles. The van der Waals surface area contributed by atoms with Gasteiger partial charge in [0, 0.05) is 5.56 Å². The van der Waals surface area contributed by atoms with Gasteiger partial charge in [-0.15, -0.1) is 0 Å². The molecular formula is C18H17O4-. The first-order valence-electron chi connectivity index (χ1n) is 6.84. The highest BCUT2D eigenvalue weighted by molar-refractivity contribution is 5.83. The van der Waals surface area contributed by atoms with E-state index >= 15 is 0 Å². The van der Waals surface area contributed by atoms with Gasteiger partial charge < -0.3 is 19.4 Å². The highest BCUT2D eigenvalue weighted by Crippen LogP contribution is 2.23. The lowest BCUT2D eigenvalue weighted by molar-refractivity contribution is -0.297. The molecular weight excluding hydrogens is 280 g/mol. The van der Waals surface area contributed by atoms with Crippen molar-refractivity contribution in [3.05, 3.63) is 65.2 Å². The summed E-state index contributed by atoms with van der Waals surface area (Å²) in [6, 6.07) is 13.2. The van der Waals surface area contributed by atoms with E-state index in [9.17, 15) is 9.90 Å². The highest BCUT2D eigenvalue weighted by atomic mass is 16.5. The predicted molar refractivity (Wildman–Crippen MR) is 82.5 cm³/mol. The van der Waals surface area contributed by atoms with Crippen LogP contribution in [0.2, 0.25) is 0 Å². The molecule has 0 aliphatic heterocycles. The zero-order chi connectivity index (χ0) is 15.9. The first kappa shape index (κ1) is 15.6. The maximum atomic E-state index is 10.5. The van der Waals surface area contributed by atoms with Crippen LogP contribution in [0, 0.1) is 6.92 Å². The third-order valence-corrected chi connectivity index (χ3v) is 3.10. The minimum Gasteiger partial charge on any atom is -0.545 e. The number of carbonyl (C=O) groups excluding carboxylic acids is 1. The quantitative estimate of drug-likeness (QED) is 0.768. The van der Waals surface area contributed by atoms with Gasteiger partial charge in [0.05, 0.1) is 13.1 Å². The van der Waals surface area contributed by atoms with E-state index in [1.165, 1.54) is 6.08 Å². The van der Waals surface area contributed by atoms with Gasteiger partial charge >= 0.3 is 0 Å². The largest absolute Gasteiger partial charge is 0.545 e. The number of aryl methyl sites for hydroxylation is 1. The van der Waals surface area contributed by atoms with Crippen LogP contribution in [0.15, 0.2) is 48.5 Å². The Morgan fingerprint density at radius 3 is 2.73 bits per heavy atom. The summed E-state index contributed by atoms with van der Waals surface area (Å²) >= 11 is 0. The Balaban J connectivity index is 2.17. The third-order valence-electron chi connectivity index (χ3n) is 3.10. The topological polar surface area (TPSA) is 58.6 Å². The fraction of sp³-hybridized carbons (Fsp3) is 0.167. The van der Waals surface area contributed by atoms with Crippen molar-refractivity contribution in [2.24, 2.45) is 0 Å². The zero-order valence-corrected chi connectivity index (χ0v) is 12.5. The number of methoxy groups -OCH3 is 1. The molecule has 4 nitrogen and oxygen atoms in total. The molecule has 0 bridgehead atoms. The summed E-state index contributed by atoms with van der Waals surface area (Å²) < 4.78 is 11.1. The van der Waals surface area contributed by atoms with Crippen LogP contribution in [0.25, 0.3) is 6.08 Å². The normalized spacial score (nSPS) is 10.6. The molecule has 0 aliphatic carbocycles. The van der Waals surface area contributed by atoms with Crippen LogP contribution in [0.3, 0.4) is 0 Å². The summed E-state index contributed by atoms with van der Waals surface area (Å²) in [6.07, 6.45) is 2.47. The number of ether oxygens (including phenoxy) is 2. The average molecular weight is 297 g/mol. The predicted octanol–water partition coefficient (Wildman–Crippen LogP) is 2.35. The summed E-state index contributed by atoms with van der Waals surface area (Å²) in [4.78, 5) is 10.5. The van der Waals surface area contributed by atoms with Gasteiger partial charge in [-0.25, -0.2) is 0 Å². The number of rotatable bonds is 6. The summed E-state index contributed by atoms with van der Waals surface area (Å²) in [6.45, 7) is 2.33. The van der Waals surface area contributed by atoms with Crippen molar-refractivity contribution in [3.8, 4) is 11.5 Å². The molecule has 0 aromatic heterocycles. The molecule has 0 fully saturated rings. The van der Waals surface area contributed by atoms with Gasteiger partial charge in [0.15, 0.2) is 0 Å². The smallest absolute Gasteiger partial charge is 0.125 e. The Hall–Kier alpha value is -2.75. The molecule has 0 unspecified atom stereocenters. The maximum absolute atomic E-state index is 10.5. The molecule has 0 saturated carbocycles. The van der Waals surface area contributed by atoms with Crippen LogP contribution in [0.1, 0.15) is 16.7 Å². The first-order valence-corrected chi connectivity index (χ1v) is 6.84. The fourth-order valence-electron chi connectivity index (χ4n) is 2.05. The van der Waals surface area contributed by atoms with Crippen molar-refractivity contribution < 1.29 is 19.4 Å². The van der Waals surface area contributed by atoms with Gasteiger partial charge in [-0.2, -0.15) is 0 Å². The second-order valence-electron chi connectivity index (χ2n) is 4.83. The summed E-state index contributed by atoms with van der Waals surface area (Å²) in [5, 5.41) is 10.5. The van der Waals surface area contributed by atoms with Crippen LogP contribution in [-0.2, 0) is 11.4 Å². The van der Waals surface area contributed by atoms with Crippen molar-refractivity contribution in [2.45, 2.75) is 13.5 Å². The van der Waals surface area contributed by atoms with Gasteiger partial charge in [-0.1, -0.05) is 24.3 Å². The number of hydrogen-bond donors (Lipinski definition) is 0. The summed E-state index contributed by atoms with van der Waals surface area (Å²) in [5.74, 6) is 0.240. The highest BCUT2D eigenvalue weighted by Gasteiger charge is 2.05. The van der Waals surface area contributed by atoms with E-state index in [1.807, 2.05) is 37.3 Å². The molecule has 0 radical (unpaired) electrons. The van der Waals surface area contributed by atoms with E-state index in [0.29, 0.717) is 12.4 Å². The molecule has 114 valence electrons. The lowest BCUT2D eigenvalue weighted by Crippen LogP contribution is -2.18. The van der Waals surface area contributed by atoms with E-state index in [4.69, 9.17) is 9.47 Å². The molecule has 4 heteroatoms. The Labute approximate surface area is 129 Å². The second-order valence-corrected chi connectivity index (χ2v) is 4.83. The van der Waals surface area contributed by atoms with Gasteiger partial charge in [0.1, 0.15) is 18.1 Å². The Morgan fingerprint density at radius 1 is 1.23 bits per heavy atom. The number of hydrogen-bond acceptors (Lipinski definition) is 4. The molecule has 2 aromatic rings. The molecule has 0 N–H and O–H groups in total. The second kappa shape index (κ2) is 7.31. The Kier molecular flexibility index (Phi) is 5.20. The van der Waals surface area contributed by atoms with Crippen LogP contribution in [0.5, 0.6) is 11.5 Å². The minimum absolute atomic E-state index is 0.333. The van der Waals surface area contributed by atoms with Crippen LogP contribution >= 0.6 is 0 Å². The van der Waals surface area contributed by atoms with Crippen molar-refractivity contribution in [1.29, 1.82) is 0 Å². The van der Waals surface area contributed by atoms with Crippen molar-refractivity contribution in [1.82, 2.24) is 0 Å². The Bertz CT molecular complexity index is 689. The van der Waals surface area contributed by atoms with Gasteiger partial charge in [0.25, 0.3) is 0 Å². The lowest BCUT2D eigenvalue weighted by atomic mass is 10.1. The van der Waals surface area contributed by atoms with Crippen molar-refractivity contribution in [2.75, 3.05) is 7.11 Å². The Morgan fingerprint density at radius 2 is 2.05 bits per heavy atom. The third kappa shape index (κ3) is 4.38. The molecule has 22 heavy (non-hydrogen) atoms. The monoisotopic (exact) mass is 297 g/mol. The number of carboxylic acid groups (broad SMARTS) is 1. The van der Waals surface area contributed by atoms with Gasteiger partial charge in [0.2, 0.25) is 0 Å². The van der Waals surface area contributed by atoms with E-state index in [2.05, 4.69) is 0 Å². The number of carboxylic acids is 1. The van der Waals surface area contributed by atoms with E-state index < -0.39 is 5.97 Å². The molecule has 2 rings (SSSR count). The number of carbonyl (C=O) groups is 1. The molecule has 0 aliphatic rings. The zero-order valence-electron chi connectivity index (χ0n) is 12.5. The molecule has 0 spiro atoms. The molecule has 0 amide bonds. The van der Waals surface area contributed by atoms with Crippen molar-refractivity contribution >= 4 is 12.0 Å². The van der Waals surface area contributed by atoms with Crippen LogP contribution in [0.4, 0.5) is 0 Å². The number of benzene rings is 2. The number of aliphatic carboxylic acids is 1. The van der Waals surface area contributed by atoms with Gasteiger partial charge in [-0.3, -0.25) is 0 Å². The first-order chi connectivity index (χ1) is 10.6. The van der Waals surface area contributed by atoms with E-state index in [-0.39, 0.29) is 0 Å². The van der Waals surface area contributed by atoms with Gasteiger partial charge in [-0.05, 0) is 48.4 Å². The van der Waals surface area contributed by atoms with Crippen LogP contribution < -0.4 is 14.6 Å². The van der Waals surface area contributed by atoms with E-state index in [0.717, 1.165) is 28.5 Å². The standard InChI is InChI=1S/C18H18O4/c1-13-4-3-5-16(10-13)22-12-15-11-14(7-9-18(19)20)6-8-17(15)21-2/h3-11H,12H2,1-2H3,(H,19,20)/p-1/b9-7+.